The summed E-state index contributed by atoms with van der Waals surface area (Å²) in [6.07, 6.45) is 2.35. The Labute approximate surface area is 128 Å². The van der Waals surface area contributed by atoms with Gasteiger partial charge in [0.1, 0.15) is 0 Å². The Hall–Kier alpha value is -2.67. The number of carbonyl (C=O) groups is 3. The number of methoxy groups -OCH3 is 1. The standard InChI is InChI=1S/C15H18N2O5/c1-22-9-3-8-16-15(21)11-4-2-5-12(10-11)17-13(18)6-7-14(19)20/h2,4-7,10H,3,8-9H2,1H3,(H,16,21)(H,17,18)(H,19,20)/b7-6+. The summed E-state index contributed by atoms with van der Waals surface area (Å²) in [5, 5.41) is 13.6. The first-order valence-corrected chi connectivity index (χ1v) is 6.62. The summed E-state index contributed by atoms with van der Waals surface area (Å²) in [4.78, 5) is 33.7. The van der Waals surface area contributed by atoms with Crippen molar-refractivity contribution in [2.24, 2.45) is 0 Å². The number of aliphatic carboxylic acids is 1. The van der Waals surface area contributed by atoms with Crippen molar-refractivity contribution in [2.75, 3.05) is 25.6 Å². The summed E-state index contributed by atoms with van der Waals surface area (Å²) in [5.41, 5.74) is 0.807. The number of carboxylic acids is 1. The van der Waals surface area contributed by atoms with Crippen LogP contribution in [0.15, 0.2) is 36.4 Å². The van der Waals surface area contributed by atoms with Crippen molar-refractivity contribution in [3.05, 3.63) is 42.0 Å². The molecule has 0 saturated heterocycles. The van der Waals surface area contributed by atoms with E-state index in [0.29, 0.717) is 30.8 Å². The Morgan fingerprint density at radius 3 is 2.73 bits per heavy atom. The third-order valence-corrected chi connectivity index (χ3v) is 2.58. The number of amides is 2. The van der Waals surface area contributed by atoms with Crippen LogP contribution in [0.25, 0.3) is 0 Å². The molecule has 1 aromatic carbocycles. The molecule has 0 atom stereocenters. The molecule has 118 valence electrons. The van der Waals surface area contributed by atoms with E-state index in [0.717, 1.165) is 12.2 Å². The van der Waals surface area contributed by atoms with Gasteiger partial charge < -0.3 is 20.5 Å². The molecule has 0 aliphatic heterocycles. The SMILES string of the molecule is COCCCNC(=O)c1cccc(NC(=O)/C=C/C(=O)O)c1. The highest BCUT2D eigenvalue weighted by Gasteiger charge is 2.06. The van der Waals surface area contributed by atoms with Gasteiger partial charge in [0.2, 0.25) is 5.91 Å². The van der Waals surface area contributed by atoms with Crippen LogP contribution in [0, 0.1) is 0 Å². The molecule has 0 aliphatic carbocycles. The van der Waals surface area contributed by atoms with Gasteiger partial charge in [-0.05, 0) is 24.6 Å². The van der Waals surface area contributed by atoms with E-state index >= 15 is 0 Å². The molecule has 0 bridgehead atoms. The molecule has 3 N–H and O–H groups in total. The number of ether oxygens (including phenoxy) is 1. The molecule has 0 unspecified atom stereocenters. The van der Waals surface area contributed by atoms with Crippen LogP contribution in [-0.2, 0) is 14.3 Å². The second kappa shape index (κ2) is 9.30. The second-order valence-corrected chi connectivity index (χ2v) is 4.34. The Bertz CT molecular complexity index is 569. The summed E-state index contributed by atoms with van der Waals surface area (Å²) in [5.74, 6) is -2.05. The first-order valence-electron chi connectivity index (χ1n) is 6.62. The molecule has 7 heteroatoms. The summed E-state index contributed by atoms with van der Waals surface area (Å²) < 4.78 is 4.88. The first kappa shape index (κ1) is 17.4. The molecule has 1 rings (SSSR count). The zero-order valence-corrected chi connectivity index (χ0v) is 12.2. The Morgan fingerprint density at radius 1 is 1.27 bits per heavy atom. The lowest BCUT2D eigenvalue weighted by molar-refractivity contribution is -0.131. The van der Waals surface area contributed by atoms with Crippen LogP contribution in [-0.4, -0.2) is 43.2 Å². The van der Waals surface area contributed by atoms with Gasteiger partial charge in [-0.1, -0.05) is 6.07 Å². The molecular weight excluding hydrogens is 288 g/mol. The Balaban J connectivity index is 2.59. The highest BCUT2D eigenvalue weighted by molar-refractivity contribution is 6.03. The van der Waals surface area contributed by atoms with Crippen molar-refractivity contribution in [1.82, 2.24) is 5.32 Å². The number of hydrogen-bond acceptors (Lipinski definition) is 4. The van der Waals surface area contributed by atoms with E-state index in [1.165, 1.54) is 6.07 Å². The number of carbonyl (C=O) groups excluding carboxylic acids is 2. The van der Waals surface area contributed by atoms with Crippen LogP contribution in [0.2, 0.25) is 0 Å². The predicted octanol–water partition coefficient (Wildman–Crippen LogP) is 1.03. The minimum Gasteiger partial charge on any atom is -0.478 e. The molecule has 7 nitrogen and oxygen atoms in total. The number of rotatable bonds is 8. The first-order chi connectivity index (χ1) is 10.5. The van der Waals surface area contributed by atoms with Crippen LogP contribution < -0.4 is 10.6 Å². The zero-order chi connectivity index (χ0) is 16.4. The van der Waals surface area contributed by atoms with Gasteiger partial charge in [-0.2, -0.15) is 0 Å². The normalized spacial score (nSPS) is 10.4. The van der Waals surface area contributed by atoms with Crippen molar-refractivity contribution in [3.63, 3.8) is 0 Å². The molecule has 2 amide bonds. The quantitative estimate of drug-likeness (QED) is 0.491. The monoisotopic (exact) mass is 306 g/mol. The van der Waals surface area contributed by atoms with E-state index in [1.807, 2.05) is 0 Å². The van der Waals surface area contributed by atoms with E-state index < -0.39 is 11.9 Å². The minimum atomic E-state index is -1.21. The average molecular weight is 306 g/mol. The van der Waals surface area contributed by atoms with Crippen LogP contribution in [0.5, 0.6) is 0 Å². The molecule has 0 saturated carbocycles. The average Bonchev–Trinajstić information content (AvgIpc) is 2.49. The maximum absolute atomic E-state index is 11.9. The molecule has 0 spiro atoms. The van der Waals surface area contributed by atoms with E-state index in [4.69, 9.17) is 9.84 Å². The van der Waals surface area contributed by atoms with E-state index in [-0.39, 0.29) is 5.91 Å². The zero-order valence-electron chi connectivity index (χ0n) is 12.2. The van der Waals surface area contributed by atoms with Crippen molar-refractivity contribution in [1.29, 1.82) is 0 Å². The van der Waals surface area contributed by atoms with Crippen molar-refractivity contribution >= 4 is 23.5 Å². The van der Waals surface area contributed by atoms with Gasteiger partial charge in [0.05, 0.1) is 0 Å². The smallest absolute Gasteiger partial charge is 0.328 e. The van der Waals surface area contributed by atoms with Gasteiger partial charge in [-0.15, -0.1) is 0 Å². The lowest BCUT2D eigenvalue weighted by Gasteiger charge is -2.07. The van der Waals surface area contributed by atoms with E-state index in [1.54, 1.807) is 25.3 Å². The van der Waals surface area contributed by atoms with E-state index in [2.05, 4.69) is 10.6 Å². The summed E-state index contributed by atoms with van der Waals surface area (Å²) in [7, 11) is 1.59. The van der Waals surface area contributed by atoms with Gasteiger partial charge >= 0.3 is 5.97 Å². The molecule has 22 heavy (non-hydrogen) atoms. The van der Waals surface area contributed by atoms with Crippen LogP contribution in [0.3, 0.4) is 0 Å². The van der Waals surface area contributed by atoms with Gasteiger partial charge in [-0.25, -0.2) is 4.79 Å². The fraction of sp³-hybridized carbons (Fsp3) is 0.267. The predicted molar refractivity (Wildman–Crippen MR) is 80.7 cm³/mol. The number of carboxylic acid groups (broad SMARTS) is 1. The van der Waals surface area contributed by atoms with Gasteiger partial charge in [0, 0.05) is 43.7 Å². The highest BCUT2D eigenvalue weighted by atomic mass is 16.5. The topological polar surface area (TPSA) is 105 Å². The highest BCUT2D eigenvalue weighted by Crippen LogP contribution is 2.10. The molecule has 0 aliphatic rings. The third-order valence-electron chi connectivity index (χ3n) is 2.58. The number of benzene rings is 1. The molecule has 0 heterocycles. The van der Waals surface area contributed by atoms with Gasteiger partial charge in [0.15, 0.2) is 0 Å². The summed E-state index contributed by atoms with van der Waals surface area (Å²) in [6.45, 7) is 1.05. The number of hydrogen-bond donors (Lipinski definition) is 3. The van der Waals surface area contributed by atoms with Gasteiger partial charge in [0.25, 0.3) is 5.91 Å². The number of nitrogens with one attached hydrogen (secondary N) is 2. The summed E-state index contributed by atoms with van der Waals surface area (Å²) >= 11 is 0. The molecule has 1 aromatic rings. The summed E-state index contributed by atoms with van der Waals surface area (Å²) in [6, 6.07) is 6.36. The molecule has 0 radical (unpaired) electrons. The van der Waals surface area contributed by atoms with Crippen molar-refractivity contribution in [2.45, 2.75) is 6.42 Å². The van der Waals surface area contributed by atoms with Crippen LogP contribution in [0.4, 0.5) is 5.69 Å². The fourth-order valence-electron chi connectivity index (χ4n) is 1.59. The Morgan fingerprint density at radius 2 is 2.05 bits per heavy atom. The molecule has 0 aromatic heterocycles. The maximum atomic E-state index is 11.9. The second-order valence-electron chi connectivity index (χ2n) is 4.34. The molecule has 0 fully saturated rings. The third kappa shape index (κ3) is 6.67. The van der Waals surface area contributed by atoms with Gasteiger partial charge in [-0.3, -0.25) is 9.59 Å². The van der Waals surface area contributed by atoms with Crippen molar-refractivity contribution < 1.29 is 24.2 Å². The largest absolute Gasteiger partial charge is 0.478 e. The lowest BCUT2D eigenvalue weighted by atomic mass is 10.2. The molecular formula is C15H18N2O5. The van der Waals surface area contributed by atoms with E-state index in [9.17, 15) is 14.4 Å². The lowest BCUT2D eigenvalue weighted by Crippen LogP contribution is -2.25. The van der Waals surface area contributed by atoms with Crippen LogP contribution in [0.1, 0.15) is 16.8 Å². The van der Waals surface area contributed by atoms with Crippen molar-refractivity contribution in [3.8, 4) is 0 Å². The van der Waals surface area contributed by atoms with Crippen LogP contribution >= 0.6 is 0 Å². The fourth-order valence-corrected chi connectivity index (χ4v) is 1.59. The minimum absolute atomic E-state index is 0.256. The Kier molecular flexibility index (Phi) is 7.35. The maximum Gasteiger partial charge on any atom is 0.328 e. The number of anilines is 1.